The lowest BCUT2D eigenvalue weighted by molar-refractivity contribution is 0.0541. The van der Waals surface area contributed by atoms with Crippen LogP contribution < -0.4 is 10.9 Å². The van der Waals surface area contributed by atoms with E-state index in [-0.39, 0.29) is 11.4 Å². The Morgan fingerprint density at radius 2 is 2.11 bits per heavy atom. The van der Waals surface area contributed by atoms with Crippen LogP contribution in [0.1, 0.15) is 32.8 Å². The smallest absolute Gasteiger partial charge is 0.426 e. The van der Waals surface area contributed by atoms with Crippen LogP contribution in [0.25, 0.3) is 0 Å². The van der Waals surface area contributed by atoms with Gasteiger partial charge in [-0.05, 0) is 32.9 Å². The average Bonchev–Trinajstić information content (AvgIpc) is 2.24. The van der Waals surface area contributed by atoms with Crippen molar-refractivity contribution in [3.05, 3.63) is 23.9 Å². The maximum absolute atomic E-state index is 12.4. The molecule has 0 aliphatic carbocycles. The van der Waals surface area contributed by atoms with Crippen LogP contribution in [0.3, 0.4) is 0 Å². The molecule has 0 spiro atoms. The third kappa shape index (κ3) is 4.94. The second-order valence-electron chi connectivity index (χ2n) is 4.53. The Bertz CT molecular complexity index is 419. The number of pyridine rings is 1. The van der Waals surface area contributed by atoms with Crippen LogP contribution >= 0.6 is 0 Å². The quantitative estimate of drug-likeness (QED) is 0.819. The molecule has 1 heterocycles. The van der Waals surface area contributed by atoms with Gasteiger partial charge >= 0.3 is 6.09 Å². The minimum absolute atomic E-state index is 0.110. The predicted octanol–water partition coefficient (Wildman–Crippen LogP) is 2.87. The molecule has 0 fully saturated rings. The fourth-order valence-electron chi connectivity index (χ4n) is 1.07. The van der Waals surface area contributed by atoms with E-state index in [1.807, 2.05) is 0 Å². The van der Waals surface area contributed by atoms with Gasteiger partial charge in [0.25, 0.3) is 6.43 Å². The van der Waals surface area contributed by atoms with Crippen molar-refractivity contribution in [2.45, 2.75) is 32.8 Å². The average molecular weight is 259 g/mol. The molecule has 0 saturated heterocycles. The summed E-state index contributed by atoms with van der Waals surface area (Å²) in [6.45, 7) is 5.13. The fraction of sp³-hybridized carbons (Fsp3) is 0.455. The Morgan fingerprint density at radius 1 is 1.44 bits per heavy atom. The van der Waals surface area contributed by atoms with Crippen LogP contribution in [0.4, 0.5) is 19.4 Å². The number of hydrogen-bond donors (Lipinski definition) is 2. The molecule has 0 aliphatic rings. The van der Waals surface area contributed by atoms with E-state index < -0.39 is 18.1 Å². The second-order valence-corrected chi connectivity index (χ2v) is 4.53. The van der Waals surface area contributed by atoms with Crippen molar-refractivity contribution in [1.29, 1.82) is 0 Å². The minimum atomic E-state index is -2.59. The zero-order chi connectivity index (χ0) is 13.8. The molecule has 18 heavy (non-hydrogen) atoms. The Hall–Kier alpha value is -1.92. The molecule has 0 unspecified atom stereocenters. The minimum Gasteiger partial charge on any atom is -0.443 e. The molecule has 5 nitrogen and oxygen atoms in total. The molecule has 0 atom stereocenters. The molecule has 0 aliphatic heterocycles. The molecule has 1 rings (SSSR count). The number of carbonyl (C=O) groups is 1. The van der Waals surface area contributed by atoms with Crippen molar-refractivity contribution in [3.63, 3.8) is 0 Å². The zero-order valence-electron chi connectivity index (χ0n) is 10.3. The summed E-state index contributed by atoms with van der Waals surface area (Å²) < 4.78 is 29.8. The van der Waals surface area contributed by atoms with Gasteiger partial charge in [-0.2, -0.15) is 0 Å². The highest BCUT2D eigenvalue weighted by Gasteiger charge is 2.16. The summed E-state index contributed by atoms with van der Waals surface area (Å²) in [5.41, 5.74) is 3.78. The molecule has 0 radical (unpaired) electrons. The van der Waals surface area contributed by atoms with E-state index in [2.05, 4.69) is 15.8 Å². The monoisotopic (exact) mass is 259 g/mol. The number of carbonyl (C=O) groups excluding carboxylic acids is 1. The molecule has 0 aromatic carbocycles. The molecular formula is C11H15F2N3O2. The molecule has 100 valence electrons. The number of hydrogen-bond acceptors (Lipinski definition) is 4. The third-order valence-corrected chi connectivity index (χ3v) is 1.73. The first-order valence-corrected chi connectivity index (χ1v) is 5.27. The summed E-state index contributed by atoms with van der Waals surface area (Å²) in [5.74, 6) is 0.110. The zero-order valence-corrected chi connectivity index (χ0v) is 10.3. The number of alkyl halides is 2. The van der Waals surface area contributed by atoms with Gasteiger partial charge in [-0.25, -0.2) is 24.0 Å². The molecule has 2 N–H and O–H groups in total. The number of amides is 1. The van der Waals surface area contributed by atoms with E-state index in [0.717, 1.165) is 6.07 Å². The number of anilines is 1. The molecule has 7 heteroatoms. The molecular weight excluding hydrogens is 244 g/mol. The maximum Gasteiger partial charge on any atom is 0.426 e. The highest BCUT2D eigenvalue weighted by Crippen LogP contribution is 2.19. The van der Waals surface area contributed by atoms with Gasteiger partial charge in [0.1, 0.15) is 11.4 Å². The molecule has 0 bridgehead atoms. The number of ether oxygens (including phenoxy) is 1. The Kier molecular flexibility index (Phi) is 4.41. The standard InChI is InChI=1S/C11H15F2N3O2/c1-11(2,3)18-10(17)16-15-8-6-7(9(12)13)4-5-14-8/h4-6,9H,1-3H3,(H,14,15)(H,16,17). The van der Waals surface area contributed by atoms with Crippen LogP contribution in [-0.2, 0) is 4.74 Å². The van der Waals surface area contributed by atoms with Gasteiger partial charge in [0.05, 0.1) is 0 Å². The van der Waals surface area contributed by atoms with Gasteiger partial charge in [-0.15, -0.1) is 0 Å². The van der Waals surface area contributed by atoms with Gasteiger partial charge in [-0.3, -0.25) is 5.43 Å². The summed E-state index contributed by atoms with van der Waals surface area (Å²) in [5, 5.41) is 0. The molecule has 1 aromatic rings. The van der Waals surface area contributed by atoms with Gasteiger partial charge < -0.3 is 4.74 Å². The number of nitrogens with one attached hydrogen (secondary N) is 2. The maximum atomic E-state index is 12.4. The summed E-state index contributed by atoms with van der Waals surface area (Å²) >= 11 is 0. The lowest BCUT2D eigenvalue weighted by atomic mass is 10.2. The first kappa shape index (κ1) is 14.1. The van der Waals surface area contributed by atoms with Crippen LogP contribution in [0.2, 0.25) is 0 Å². The van der Waals surface area contributed by atoms with Crippen LogP contribution in [0.15, 0.2) is 18.3 Å². The molecule has 1 amide bonds. The summed E-state index contributed by atoms with van der Waals surface area (Å²) in [6, 6.07) is 2.34. The van der Waals surface area contributed by atoms with Gasteiger partial charge in [-0.1, -0.05) is 0 Å². The number of halogens is 2. The first-order valence-electron chi connectivity index (χ1n) is 5.27. The predicted molar refractivity (Wildman–Crippen MR) is 62.2 cm³/mol. The second kappa shape index (κ2) is 5.61. The van der Waals surface area contributed by atoms with Crippen LogP contribution in [0, 0.1) is 0 Å². The molecule has 0 saturated carbocycles. The summed E-state index contributed by atoms with van der Waals surface area (Å²) in [4.78, 5) is 15.1. The Labute approximate surface area is 104 Å². The van der Waals surface area contributed by atoms with Crippen molar-refractivity contribution in [2.24, 2.45) is 0 Å². The largest absolute Gasteiger partial charge is 0.443 e. The van der Waals surface area contributed by atoms with E-state index in [9.17, 15) is 13.6 Å². The summed E-state index contributed by atoms with van der Waals surface area (Å²) in [6.07, 6.45) is -2.08. The van der Waals surface area contributed by atoms with E-state index in [0.29, 0.717) is 0 Å². The first-order chi connectivity index (χ1) is 8.28. The number of rotatable bonds is 3. The van der Waals surface area contributed by atoms with Crippen molar-refractivity contribution in [2.75, 3.05) is 5.43 Å². The summed E-state index contributed by atoms with van der Waals surface area (Å²) in [7, 11) is 0. The Morgan fingerprint density at radius 3 is 2.67 bits per heavy atom. The van der Waals surface area contributed by atoms with Gasteiger partial charge in [0.15, 0.2) is 0 Å². The van der Waals surface area contributed by atoms with Crippen molar-refractivity contribution in [3.8, 4) is 0 Å². The number of hydrazine groups is 1. The van der Waals surface area contributed by atoms with Crippen LogP contribution in [-0.4, -0.2) is 16.7 Å². The van der Waals surface area contributed by atoms with Crippen molar-refractivity contribution >= 4 is 11.9 Å². The SMILES string of the molecule is CC(C)(C)OC(=O)NNc1cc(C(F)F)ccn1. The topological polar surface area (TPSA) is 63.2 Å². The van der Waals surface area contributed by atoms with Crippen LogP contribution in [0.5, 0.6) is 0 Å². The van der Waals surface area contributed by atoms with E-state index in [1.165, 1.54) is 12.3 Å². The highest BCUT2D eigenvalue weighted by molar-refractivity contribution is 5.69. The molecule has 1 aromatic heterocycles. The van der Waals surface area contributed by atoms with E-state index in [4.69, 9.17) is 4.74 Å². The van der Waals surface area contributed by atoms with E-state index in [1.54, 1.807) is 20.8 Å². The van der Waals surface area contributed by atoms with Gasteiger partial charge in [0.2, 0.25) is 0 Å². The third-order valence-electron chi connectivity index (χ3n) is 1.73. The lowest BCUT2D eigenvalue weighted by Gasteiger charge is -2.19. The fourth-order valence-corrected chi connectivity index (χ4v) is 1.07. The van der Waals surface area contributed by atoms with Crippen molar-refractivity contribution in [1.82, 2.24) is 10.4 Å². The number of nitrogens with zero attached hydrogens (tertiary/aromatic N) is 1. The Balaban J connectivity index is 2.53. The lowest BCUT2D eigenvalue weighted by Crippen LogP contribution is -2.36. The van der Waals surface area contributed by atoms with E-state index >= 15 is 0 Å². The highest BCUT2D eigenvalue weighted by atomic mass is 19.3. The van der Waals surface area contributed by atoms with Crippen molar-refractivity contribution < 1.29 is 18.3 Å². The normalized spacial score (nSPS) is 11.2. The number of aromatic nitrogens is 1. The van der Waals surface area contributed by atoms with Gasteiger partial charge in [0, 0.05) is 11.8 Å².